The molecule has 1 saturated heterocycles. The van der Waals surface area contributed by atoms with E-state index in [-0.39, 0.29) is 17.6 Å². The Bertz CT molecular complexity index is 1120. The van der Waals surface area contributed by atoms with E-state index in [2.05, 4.69) is 10.1 Å². The Morgan fingerprint density at radius 2 is 2.03 bits per heavy atom. The summed E-state index contributed by atoms with van der Waals surface area (Å²) in [7, 11) is 0. The normalized spacial score (nSPS) is 16.5. The molecule has 0 saturated carbocycles. The standard InChI is InChI=1S/C23H22N4O4/c1-16-5-4-6-18(15-16)22-24-23(31-25-22)20-7-2-3-14-26(20)21(28)13-10-17-8-11-19(12-9-17)27(29)30/h4-6,8-13,15,20H,2-3,7,14H2,1H3. The summed E-state index contributed by atoms with van der Waals surface area (Å²) in [5.74, 6) is 0.796. The fourth-order valence-electron chi connectivity index (χ4n) is 3.69. The number of aromatic nitrogens is 2. The quantitative estimate of drug-likeness (QED) is 0.337. The first-order chi connectivity index (χ1) is 15.0. The molecule has 1 unspecified atom stereocenters. The molecule has 1 fully saturated rings. The summed E-state index contributed by atoms with van der Waals surface area (Å²) in [4.78, 5) is 29.5. The smallest absolute Gasteiger partial charge is 0.269 e. The molecule has 0 spiro atoms. The van der Waals surface area contributed by atoms with Crippen LogP contribution < -0.4 is 0 Å². The molecule has 1 atom stereocenters. The average Bonchev–Trinajstić information content (AvgIpc) is 3.28. The van der Waals surface area contributed by atoms with Gasteiger partial charge in [-0.15, -0.1) is 0 Å². The van der Waals surface area contributed by atoms with Crippen LogP contribution in [0, 0.1) is 17.0 Å². The molecular weight excluding hydrogens is 396 g/mol. The van der Waals surface area contributed by atoms with E-state index >= 15 is 0 Å². The number of piperidine rings is 1. The van der Waals surface area contributed by atoms with E-state index < -0.39 is 4.92 Å². The van der Waals surface area contributed by atoms with Crippen LogP contribution in [0.1, 0.15) is 42.3 Å². The number of hydrogen-bond acceptors (Lipinski definition) is 6. The molecule has 31 heavy (non-hydrogen) atoms. The van der Waals surface area contributed by atoms with Crippen molar-refractivity contribution in [2.75, 3.05) is 6.54 Å². The van der Waals surface area contributed by atoms with Gasteiger partial charge in [-0.05, 0) is 56.0 Å². The number of nitrogens with zero attached hydrogens (tertiary/aromatic N) is 4. The van der Waals surface area contributed by atoms with Crippen LogP contribution in [0.5, 0.6) is 0 Å². The molecule has 1 aliphatic rings. The summed E-state index contributed by atoms with van der Waals surface area (Å²) in [6, 6.07) is 13.7. The molecule has 1 amide bonds. The Labute approximate surface area is 179 Å². The van der Waals surface area contributed by atoms with Crippen molar-refractivity contribution in [3.8, 4) is 11.4 Å². The maximum absolute atomic E-state index is 12.9. The SMILES string of the molecule is Cc1cccc(-c2noc(C3CCCCN3C(=O)C=Cc3ccc([N+](=O)[O-])cc3)n2)c1. The Hall–Kier alpha value is -3.81. The number of carbonyl (C=O) groups is 1. The highest BCUT2D eigenvalue weighted by atomic mass is 16.6. The maximum Gasteiger partial charge on any atom is 0.269 e. The van der Waals surface area contributed by atoms with Crippen LogP contribution in [-0.4, -0.2) is 32.4 Å². The van der Waals surface area contributed by atoms with Crippen LogP contribution >= 0.6 is 0 Å². The van der Waals surface area contributed by atoms with Crippen LogP contribution in [-0.2, 0) is 4.79 Å². The summed E-state index contributed by atoms with van der Waals surface area (Å²) in [5, 5.41) is 14.9. The molecule has 2 heterocycles. The van der Waals surface area contributed by atoms with E-state index in [0.717, 1.165) is 30.4 Å². The predicted octanol–water partition coefficient (Wildman–Crippen LogP) is 4.72. The van der Waals surface area contributed by atoms with Gasteiger partial charge in [-0.3, -0.25) is 14.9 Å². The molecule has 0 radical (unpaired) electrons. The minimum Gasteiger partial charge on any atom is -0.337 e. The van der Waals surface area contributed by atoms with Gasteiger partial charge in [0.15, 0.2) is 0 Å². The summed E-state index contributed by atoms with van der Waals surface area (Å²) in [5.41, 5.74) is 2.71. The second kappa shape index (κ2) is 8.91. The Morgan fingerprint density at radius 3 is 2.77 bits per heavy atom. The van der Waals surface area contributed by atoms with Gasteiger partial charge in [-0.1, -0.05) is 28.9 Å². The predicted molar refractivity (Wildman–Crippen MR) is 115 cm³/mol. The number of benzene rings is 2. The fraction of sp³-hybridized carbons (Fsp3) is 0.261. The largest absolute Gasteiger partial charge is 0.337 e. The van der Waals surface area contributed by atoms with Crippen molar-refractivity contribution in [2.24, 2.45) is 0 Å². The van der Waals surface area contributed by atoms with Crippen molar-refractivity contribution in [3.63, 3.8) is 0 Å². The zero-order valence-corrected chi connectivity index (χ0v) is 17.1. The fourth-order valence-corrected chi connectivity index (χ4v) is 3.69. The number of likely N-dealkylation sites (tertiary alicyclic amines) is 1. The number of aryl methyl sites for hydroxylation is 1. The van der Waals surface area contributed by atoms with Crippen LogP contribution in [0.25, 0.3) is 17.5 Å². The van der Waals surface area contributed by atoms with Gasteiger partial charge in [0.05, 0.1) is 4.92 Å². The van der Waals surface area contributed by atoms with E-state index in [1.165, 1.54) is 18.2 Å². The minimum atomic E-state index is -0.452. The van der Waals surface area contributed by atoms with Gasteiger partial charge in [0.2, 0.25) is 17.6 Å². The second-order valence-electron chi connectivity index (χ2n) is 7.55. The number of rotatable bonds is 5. The molecule has 4 rings (SSSR count). The third kappa shape index (κ3) is 4.69. The minimum absolute atomic E-state index is 0.0142. The molecule has 0 aliphatic carbocycles. The van der Waals surface area contributed by atoms with Crippen molar-refractivity contribution in [2.45, 2.75) is 32.2 Å². The number of nitro benzene ring substituents is 1. The van der Waals surface area contributed by atoms with E-state index in [9.17, 15) is 14.9 Å². The number of nitro groups is 1. The van der Waals surface area contributed by atoms with Crippen molar-refractivity contribution < 1.29 is 14.2 Å². The molecule has 1 aromatic heterocycles. The topological polar surface area (TPSA) is 102 Å². The van der Waals surface area contributed by atoms with Gasteiger partial charge in [0, 0.05) is 30.3 Å². The van der Waals surface area contributed by atoms with Gasteiger partial charge < -0.3 is 9.42 Å². The monoisotopic (exact) mass is 418 g/mol. The number of hydrogen-bond donors (Lipinski definition) is 0. The third-order valence-corrected chi connectivity index (χ3v) is 5.31. The Kier molecular flexibility index (Phi) is 5.88. The zero-order chi connectivity index (χ0) is 21.8. The lowest BCUT2D eigenvalue weighted by Crippen LogP contribution is -2.37. The lowest BCUT2D eigenvalue weighted by Gasteiger charge is -2.32. The number of carbonyl (C=O) groups excluding carboxylic acids is 1. The summed E-state index contributed by atoms with van der Waals surface area (Å²) in [6.07, 6.45) is 5.78. The van der Waals surface area contributed by atoms with E-state index in [1.54, 1.807) is 23.1 Å². The molecule has 2 aromatic carbocycles. The Morgan fingerprint density at radius 1 is 1.23 bits per heavy atom. The molecule has 3 aromatic rings. The molecular formula is C23H22N4O4. The second-order valence-corrected chi connectivity index (χ2v) is 7.55. The Balaban J connectivity index is 1.51. The van der Waals surface area contributed by atoms with Crippen molar-refractivity contribution in [1.82, 2.24) is 15.0 Å². The lowest BCUT2D eigenvalue weighted by molar-refractivity contribution is -0.384. The highest BCUT2D eigenvalue weighted by Crippen LogP contribution is 2.31. The third-order valence-electron chi connectivity index (χ3n) is 5.31. The summed E-state index contributed by atoms with van der Waals surface area (Å²) >= 11 is 0. The highest BCUT2D eigenvalue weighted by Gasteiger charge is 2.31. The highest BCUT2D eigenvalue weighted by molar-refractivity contribution is 5.92. The molecule has 8 nitrogen and oxygen atoms in total. The lowest BCUT2D eigenvalue weighted by atomic mass is 10.0. The summed E-state index contributed by atoms with van der Waals surface area (Å²) < 4.78 is 5.53. The van der Waals surface area contributed by atoms with Crippen LogP contribution in [0.2, 0.25) is 0 Å². The first kappa shape index (κ1) is 20.5. The van der Waals surface area contributed by atoms with E-state index in [4.69, 9.17) is 4.52 Å². The van der Waals surface area contributed by atoms with E-state index in [1.807, 2.05) is 31.2 Å². The van der Waals surface area contributed by atoms with E-state index in [0.29, 0.717) is 23.8 Å². The van der Waals surface area contributed by atoms with Crippen molar-refractivity contribution >= 4 is 17.7 Å². The average molecular weight is 418 g/mol. The molecule has 158 valence electrons. The van der Waals surface area contributed by atoms with Crippen LogP contribution in [0.4, 0.5) is 5.69 Å². The summed E-state index contributed by atoms with van der Waals surface area (Å²) in [6.45, 7) is 2.61. The van der Waals surface area contributed by atoms with Gasteiger partial charge >= 0.3 is 0 Å². The number of amides is 1. The molecule has 0 N–H and O–H groups in total. The van der Waals surface area contributed by atoms with Gasteiger partial charge in [0.1, 0.15) is 6.04 Å². The molecule has 1 aliphatic heterocycles. The maximum atomic E-state index is 12.9. The first-order valence-corrected chi connectivity index (χ1v) is 10.1. The van der Waals surface area contributed by atoms with Gasteiger partial charge in [0.25, 0.3) is 5.69 Å². The van der Waals surface area contributed by atoms with Crippen LogP contribution in [0.15, 0.2) is 59.1 Å². The molecule has 8 heteroatoms. The molecule has 0 bridgehead atoms. The van der Waals surface area contributed by atoms with Crippen LogP contribution in [0.3, 0.4) is 0 Å². The first-order valence-electron chi connectivity index (χ1n) is 10.1. The van der Waals surface area contributed by atoms with Gasteiger partial charge in [-0.25, -0.2) is 0 Å². The zero-order valence-electron chi connectivity index (χ0n) is 17.1. The van der Waals surface area contributed by atoms with Crippen molar-refractivity contribution in [1.29, 1.82) is 0 Å². The van der Waals surface area contributed by atoms with Crippen molar-refractivity contribution in [3.05, 3.63) is 81.7 Å². The number of non-ortho nitro benzene ring substituents is 1. The van der Waals surface area contributed by atoms with Gasteiger partial charge in [-0.2, -0.15) is 4.98 Å².